The lowest BCUT2D eigenvalue weighted by Crippen LogP contribution is -2.31. The van der Waals surface area contributed by atoms with Crippen molar-refractivity contribution in [2.45, 2.75) is 13.0 Å². The van der Waals surface area contributed by atoms with Crippen LogP contribution in [0.3, 0.4) is 0 Å². The van der Waals surface area contributed by atoms with Gasteiger partial charge < -0.3 is 19.8 Å². The zero-order valence-corrected chi connectivity index (χ0v) is 9.76. The van der Waals surface area contributed by atoms with Gasteiger partial charge in [0.1, 0.15) is 5.75 Å². The molecule has 90 valence electrons. The normalized spacial score (nSPS) is 12.2. The fraction of sp³-hybridized carbons (Fsp3) is 0.500. The molecule has 0 bridgehead atoms. The fourth-order valence-corrected chi connectivity index (χ4v) is 1.44. The van der Waals surface area contributed by atoms with Crippen LogP contribution in [0.15, 0.2) is 24.3 Å². The molecule has 0 saturated heterocycles. The molecule has 1 unspecified atom stereocenters. The Balaban J connectivity index is 2.59. The quantitative estimate of drug-likeness (QED) is 0.754. The smallest absolute Gasteiger partial charge is 0.119 e. The number of anilines is 1. The molecule has 4 heteroatoms. The molecule has 1 aromatic rings. The Kier molecular flexibility index (Phi) is 5.08. The van der Waals surface area contributed by atoms with Crippen molar-refractivity contribution in [2.75, 3.05) is 31.7 Å². The summed E-state index contributed by atoms with van der Waals surface area (Å²) in [6, 6.07) is 7.63. The lowest BCUT2D eigenvalue weighted by atomic mass is 10.2. The molecule has 0 fully saturated rings. The highest BCUT2D eigenvalue weighted by atomic mass is 16.5. The van der Waals surface area contributed by atoms with Gasteiger partial charge in [0.15, 0.2) is 0 Å². The summed E-state index contributed by atoms with van der Waals surface area (Å²) >= 11 is 0. The van der Waals surface area contributed by atoms with Crippen molar-refractivity contribution >= 4 is 5.69 Å². The Bertz CT molecular complexity index is 300. The summed E-state index contributed by atoms with van der Waals surface area (Å²) in [5, 5.41) is 18.1. The van der Waals surface area contributed by atoms with Gasteiger partial charge in [-0.25, -0.2) is 0 Å². The molecular weight excluding hydrogens is 206 g/mol. The van der Waals surface area contributed by atoms with Crippen molar-refractivity contribution in [3.63, 3.8) is 0 Å². The van der Waals surface area contributed by atoms with Crippen molar-refractivity contribution in [1.82, 2.24) is 0 Å². The third-order valence-electron chi connectivity index (χ3n) is 2.28. The molecule has 0 spiro atoms. The van der Waals surface area contributed by atoms with Crippen molar-refractivity contribution in [2.24, 2.45) is 0 Å². The van der Waals surface area contributed by atoms with Crippen LogP contribution in [-0.4, -0.2) is 43.1 Å². The van der Waals surface area contributed by atoms with E-state index in [1.807, 2.05) is 43.1 Å². The van der Waals surface area contributed by atoms with Crippen LogP contribution >= 0.6 is 0 Å². The summed E-state index contributed by atoms with van der Waals surface area (Å²) in [5.74, 6) is 0.836. The van der Waals surface area contributed by atoms with Crippen LogP contribution < -0.4 is 9.64 Å². The van der Waals surface area contributed by atoms with Crippen LogP contribution in [0.2, 0.25) is 0 Å². The molecule has 0 aliphatic heterocycles. The highest BCUT2D eigenvalue weighted by Crippen LogP contribution is 2.18. The predicted octanol–water partition coefficient (Wildman–Crippen LogP) is 0.875. The molecule has 1 atom stereocenters. The highest BCUT2D eigenvalue weighted by molar-refractivity contribution is 5.48. The van der Waals surface area contributed by atoms with E-state index in [9.17, 15) is 5.11 Å². The number of ether oxygens (including phenoxy) is 1. The largest absolute Gasteiger partial charge is 0.494 e. The second-order valence-corrected chi connectivity index (χ2v) is 3.64. The average molecular weight is 225 g/mol. The van der Waals surface area contributed by atoms with Gasteiger partial charge in [-0.3, -0.25) is 0 Å². The lowest BCUT2D eigenvalue weighted by Gasteiger charge is -2.21. The van der Waals surface area contributed by atoms with E-state index in [0.29, 0.717) is 13.2 Å². The van der Waals surface area contributed by atoms with Crippen molar-refractivity contribution < 1.29 is 14.9 Å². The highest BCUT2D eigenvalue weighted by Gasteiger charge is 2.07. The molecule has 0 amide bonds. The van der Waals surface area contributed by atoms with Crippen LogP contribution in [0.1, 0.15) is 6.92 Å². The van der Waals surface area contributed by atoms with Gasteiger partial charge in [0.2, 0.25) is 0 Å². The maximum atomic E-state index is 9.31. The van der Waals surface area contributed by atoms with Crippen molar-refractivity contribution in [3.05, 3.63) is 24.3 Å². The summed E-state index contributed by atoms with van der Waals surface area (Å²) in [4.78, 5) is 1.89. The molecule has 1 rings (SSSR count). The molecule has 0 aromatic heterocycles. The second-order valence-electron chi connectivity index (χ2n) is 3.64. The maximum Gasteiger partial charge on any atom is 0.119 e. The third kappa shape index (κ3) is 3.72. The standard InChI is InChI=1S/C12H19NO3/c1-3-16-12-6-4-10(5-7-12)13(2)8-11(15)9-14/h4-7,11,14-15H,3,8-9H2,1-2H3. The van der Waals surface area contributed by atoms with Gasteiger partial charge in [0.25, 0.3) is 0 Å². The van der Waals surface area contributed by atoms with Gasteiger partial charge in [-0.15, -0.1) is 0 Å². The van der Waals surface area contributed by atoms with Gasteiger partial charge in [0, 0.05) is 19.3 Å². The van der Waals surface area contributed by atoms with Crippen molar-refractivity contribution in [1.29, 1.82) is 0 Å². The number of benzene rings is 1. The van der Waals surface area contributed by atoms with E-state index < -0.39 is 6.10 Å². The number of nitrogens with zero attached hydrogens (tertiary/aromatic N) is 1. The van der Waals surface area contributed by atoms with Crippen molar-refractivity contribution in [3.8, 4) is 5.75 Å². The molecular formula is C12H19NO3. The van der Waals surface area contributed by atoms with E-state index in [-0.39, 0.29) is 6.61 Å². The Morgan fingerprint density at radius 1 is 1.31 bits per heavy atom. The van der Waals surface area contributed by atoms with Gasteiger partial charge in [0.05, 0.1) is 19.3 Å². The monoisotopic (exact) mass is 225 g/mol. The van der Waals surface area contributed by atoms with Crippen LogP contribution in [-0.2, 0) is 0 Å². The van der Waals surface area contributed by atoms with Crippen LogP contribution in [0, 0.1) is 0 Å². The molecule has 0 radical (unpaired) electrons. The van der Waals surface area contributed by atoms with E-state index in [2.05, 4.69) is 0 Å². The molecule has 0 aliphatic carbocycles. The van der Waals surface area contributed by atoms with Gasteiger partial charge in [-0.05, 0) is 31.2 Å². The Hall–Kier alpha value is -1.26. The number of aliphatic hydroxyl groups is 2. The molecule has 16 heavy (non-hydrogen) atoms. The minimum atomic E-state index is -0.712. The first-order valence-corrected chi connectivity index (χ1v) is 5.40. The summed E-state index contributed by atoms with van der Waals surface area (Å²) in [5.41, 5.74) is 0.982. The van der Waals surface area contributed by atoms with E-state index in [0.717, 1.165) is 11.4 Å². The van der Waals surface area contributed by atoms with Gasteiger partial charge in [-0.1, -0.05) is 0 Å². The number of hydrogen-bond donors (Lipinski definition) is 2. The number of hydrogen-bond acceptors (Lipinski definition) is 4. The first-order valence-electron chi connectivity index (χ1n) is 5.40. The minimum absolute atomic E-state index is 0.221. The number of likely N-dealkylation sites (N-methyl/N-ethyl adjacent to an activating group) is 1. The summed E-state index contributed by atoms with van der Waals surface area (Å²) in [6.07, 6.45) is -0.712. The molecule has 1 aromatic carbocycles. The van der Waals surface area contributed by atoms with E-state index in [1.165, 1.54) is 0 Å². The Morgan fingerprint density at radius 2 is 1.94 bits per heavy atom. The molecule has 0 heterocycles. The molecule has 0 aliphatic rings. The summed E-state index contributed by atoms with van der Waals surface area (Å²) < 4.78 is 5.33. The van der Waals surface area contributed by atoms with Crippen LogP contribution in [0.5, 0.6) is 5.75 Å². The summed E-state index contributed by atoms with van der Waals surface area (Å²) in [6.45, 7) is 2.78. The third-order valence-corrected chi connectivity index (χ3v) is 2.28. The number of aliphatic hydroxyl groups excluding tert-OH is 2. The average Bonchev–Trinajstić information content (AvgIpc) is 2.30. The molecule has 0 saturated carbocycles. The van der Waals surface area contributed by atoms with Gasteiger partial charge in [-0.2, -0.15) is 0 Å². The SMILES string of the molecule is CCOc1ccc(N(C)CC(O)CO)cc1. The summed E-state index contributed by atoms with van der Waals surface area (Å²) in [7, 11) is 1.87. The minimum Gasteiger partial charge on any atom is -0.494 e. The second kappa shape index (κ2) is 6.35. The molecule has 4 nitrogen and oxygen atoms in total. The number of rotatable bonds is 6. The van der Waals surface area contributed by atoms with Crippen LogP contribution in [0.4, 0.5) is 5.69 Å². The fourth-order valence-electron chi connectivity index (χ4n) is 1.44. The Labute approximate surface area is 96.1 Å². The van der Waals surface area contributed by atoms with Crippen LogP contribution in [0.25, 0.3) is 0 Å². The topological polar surface area (TPSA) is 52.9 Å². The maximum absolute atomic E-state index is 9.31. The first kappa shape index (κ1) is 12.8. The Morgan fingerprint density at radius 3 is 2.44 bits per heavy atom. The van der Waals surface area contributed by atoms with E-state index >= 15 is 0 Å². The van der Waals surface area contributed by atoms with Gasteiger partial charge >= 0.3 is 0 Å². The zero-order chi connectivity index (χ0) is 12.0. The molecule has 2 N–H and O–H groups in total. The predicted molar refractivity (Wildman–Crippen MR) is 64.0 cm³/mol. The first-order chi connectivity index (χ1) is 7.67. The van der Waals surface area contributed by atoms with E-state index in [1.54, 1.807) is 0 Å². The zero-order valence-electron chi connectivity index (χ0n) is 9.76. The van der Waals surface area contributed by atoms with E-state index in [4.69, 9.17) is 9.84 Å². The lowest BCUT2D eigenvalue weighted by molar-refractivity contribution is 0.101.